The van der Waals surface area contributed by atoms with Crippen LogP contribution in [-0.2, 0) is 4.57 Å². The third-order valence-corrected chi connectivity index (χ3v) is 2.30. The van der Waals surface area contributed by atoms with Crippen molar-refractivity contribution in [3.8, 4) is 0 Å². The van der Waals surface area contributed by atoms with Gasteiger partial charge in [0.05, 0.1) is 0 Å². The van der Waals surface area contributed by atoms with Gasteiger partial charge in [-0.25, -0.2) is 0 Å². The Kier molecular flexibility index (Phi) is 3.52. The van der Waals surface area contributed by atoms with E-state index in [1.54, 1.807) is 0 Å². The highest BCUT2D eigenvalue weighted by atomic mass is 31.2. The molecule has 62 valence electrons. The van der Waals surface area contributed by atoms with E-state index in [4.69, 9.17) is 0 Å². The summed E-state index contributed by atoms with van der Waals surface area (Å²) in [6.45, 7) is 3.71. The average Bonchev–Trinajstić information content (AvgIpc) is 1.60. The zero-order valence-electron chi connectivity index (χ0n) is 6.24. The van der Waals surface area contributed by atoms with E-state index in [0.717, 1.165) is 0 Å². The van der Waals surface area contributed by atoms with Crippen LogP contribution in [0.5, 0.6) is 0 Å². The highest BCUT2D eigenvalue weighted by Crippen LogP contribution is 2.29. The van der Waals surface area contributed by atoms with E-state index in [-0.39, 0.29) is 5.92 Å². The van der Waals surface area contributed by atoms with Gasteiger partial charge in [0, 0.05) is 6.42 Å². The number of rotatable bonds is 3. The first-order valence-electron chi connectivity index (χ1n) is 3.19. The Morgan fingerprint density at radius 2 is 1.90 bits per heavy atom. The van der Waals surface area contributed by atoms with Crippen LogP contribution in [0.2, 0.25) is 0 Å². The molecule has 4 nitrogen and oxygen atoms in total. The Bertz CT molecular complexity index is 142. The first-order valence-corrected chi connectivity index (χ1v) is 4.80. The zero-order chi connectivity index (χ0) is 8.36. The van der Waals surface area contributed by atoms with Gasteiger partial charge in [-0.1, -0.05) is 13.8 Å². The molecule has 0 rings (SSSR count). The van der Waals surface area contributed by atoms with Crippen molar-refractivity contribution in [1.82, 2.24) is 0 Å². The van der Waals surface area contributed by atoms with Crippen molar-refractivity contribution < 1.29 is 20.1 Å². The fraction of sp³-hybridized carbons (Fsp3) is 1.00. The lowest BCUT2D eigenvalue weighted by Crippen LogP contribution is -2.63. The molecule has 0 aromatic rings. The second-order valence-corrected chi connectivity index (χ2v) is 4.63. The fourth-order valence-electron chi connectivity index (χ4n) is 0.673. The van der Waals surface area contributed by atoms with Gasteiger partial charge < -0.3 is 20.1 Å². The minimum atomic E-state index is -4.42. The van der Waals surface area contributed by atoms with Crippen molar-refractivity contribution in [3.05, 3.63) is 0 Å². The van der Waals surface area contributed by atoms with Crippen molar-refractivity contribution >= 4 is 7.60 Å². The van der Waals surface area contributed by atoms with Crippen molar-refractivity contribution in [3.63, 3.8) is 0 Å². The molecule has 0 unspecified atom stereocenters. The SMILES string of the molecule is CC(C)C[C@H]([NH3+])P(=O)([O-])[O-]. The Morgan fingerprint density at radius 3 is 2.00 bits per heavy atom. The van der Waals surface area contributed by atoms with E-state index in [2.05, 4.69) is 5.73 Å². The lowest BCUT2D eigenvalue weighted by atomic mass is 10.1. The summed E-state index contributed by atoms with van der Waals surface area (Å²) in [5.41, 5.74) is 3.26. The van der Waals surface area contributed by atoms with Gasteiger partial charge in [-0.05, 0) is 13.5 Å². The third kappa shape index (κ3) is 4.01. The quantitative estimate of drug-likeness (QED) is 0.518. The smallest absolute Gasteiger partial charge is 0.110 e. The molecule has 0 heterocycles. The van der Waals surface area contributed by atoms with E-state index >= 15 is 0 Å². The molecule has 0 saturated heterocycles. The molecular formula is C5H13NO3P-. The van der Waals surface area contributed by atoms with E-state index in [0.29, 0.717) is 6.42 Å². The maximum atomic E-state index is 10.3. The average molecular weight is 166 g/mol. The van der Waals surface area contributed by atoms with Crippen LogP contribution in [0.25, 0.3) is 0 Å². The highest BCUT2D eigenvalue weighted by molar-refractivity contribution is 7.49. The molecular weight excluding hydrogens is 153 g/mol. The summed E-state index contributed by atoms with van der Waals surface area (Å²) in [5.74, 6) is -0.758. The van der Waals surface area contributed by atoms with Gasteiger partial charge in [0.15, 0.2) is 0 Å². The first-order chi connectivity index (χ1) is 4.34. The molecule has 5 heteroatoms. The molecule has 0 aliphatic carbocycles. The molecule has 3 N–H and O–H groups in total. The maximum Gasteiger partial charge on any atom is 0.110 e. The number of hydrogen-bond donors (Lipinski definition) is 1. The monoisotopic (exact) mass is 166 g/mol. The van der Waals surface area contributed by atoms with Crippen LogP contribution >= 0.6 is 7.60 Å². The predicted octanol–water partition coefficient (Wildman–Crippen LogP) is -1.49. The van der Waals surface area contributed by atoms with Gasteiger partial charge in [0.25, 0.3) is 0 Å². The predicted molar refractivity (Wildman–Crippen MR) is 33.7 cm³/mol. The third-order valence-electron chi connectivity index (χ3n) is 1.19. The lowest BCUT2D eigenvalue weighted by molar-refractivity contribution is -0.431. The van der Waals surface area contributed by atoms with Crippen LogP contribution in [0.1, 0.15) is 20.3 Å². The summed E-state index contributed by atoms with van der Waals surface area (Å²) >= 11 is 0. The summed E-state index contributed by atoms with van der Waals surface area (Å²) in [6.07, 6.45) is 0.351. The second-order valence-electron chi connectivity index (χ2n) is 2.82. The van der Waals surface area contributed by atoms with Crippen molar-refractivity contribution in [1.29, 1.82) is 0 Å². The summed E-state index contributed by atoms with van der Waals surface area (Å²) in [7, 11) is -4.42. The Hall–Kier alpha value is 0.110. The molecule has 1 atom stereocenters. The van der Waals surface area contributed by atoms with Crippen molar-refractivity contribution in [2.75, 3.05) is 0 Å². The molecule has 0 aliphatic rings. The largest absolute Gasteiger partial charge is 0.807 e. The van der Waals surface area contributed by atoms with Gasteiger partial charge in [0.2, 0.25) is 0 Å². The summed E-state index contributed by atoms with van der Waals surface area (Å²) in [4.78, 5) is 20.6. The van der Waals surface area contributed by atoms with E-state index in [9.17, 15) is 14.4 Å². The zero-order valence-corrected chi connectivity index (χ0v) is 7.14. The lowest BCUT2D eigenvalue weighted by Gasteiger charge is -2.33. The minimum absolute atomic E-state index is 0.207. The summed E-state index contributed by atoms with van der Waals surface area (Å²) in [6, 6.07) is 0. The van der Waals surface area contributed by atoms with E-state index < -0.39 is 13.4 Å². The molecule has 0 spiro atoms. The molecule has 0 aliphatic heterocycles. The Balaban J connectivity index is 3.86. The molecule has 0 aromatic heterocycles. The molecule has 0 bridgehead atoms. The minimum Gasteiger partial charge on any atom is -0.807 e. The Labute approximate surface area is 60.6 Å². The fourth-order valence-corrected chi connectivity index (χ4v) is 1.35. The second kappa shape index (κ2) is 3.49. The van der Waals surface area contributed by atoms with E-state index in [1.165, 1.54) is 0 Å². The number of quaternary nitrogens is 1. The van der Waals surface area contributed by atoms with Crippen LogP contribution < -0.4 is 15.5 Å². The van der Waals surface area contributed by atoms with Crippen LogP contribution in [0.3, 0.4) is 0 Å². The molecule has 0 radical (unpaired) electrons. The normalized spacial score (nSPS) is 15.8. The van der Waals surface area contributed by atoms with E-state index in [1.807, 2.05) is 13.8 Å². The summed E-state index contributed by atoms with van der Waals surface area (Å²) in [5, 5.41) is 0. The van der Waals surface area contributed by atoms with Gasteiger partial charge >= 0.3 is 0 Å². The highest BCUT2D eigenvalue weighted by Gasteiger charge is 2.11. The van der Waals surface area contributed by atoms with Crippen LogP contribution in [-0.4, -0.2) is 5.78 Å². The molecule has 10 heavy (non-hydrogen) atoms. The van der Waals surface area contributed by atoms with Crippen LogP contribution in [0.4, 0.5) is 0 Å². The van der Waals surface area contributed by atoms with Gasteiger partial charge in [-0.15, -0.1) is 0 Å². The standard InChI is InChI=1S/C5H14NO3P/c1-4(2)3-5(6)10(7,8)9/h4-5H,3,6H2,1-2H3,(H2,7,8,9)/p-1/t5-/m1/s1. The van der Waals surface area contributed by atoms with Crippen LogP contribution in [0, 0.1) is 5.92 Å². The molecule has 0 saturated carbocycles. The Morgan fingerprint density at radius 1 is 1.50 bits per heavy atom. The van der Waals surface area contributed by atoms with Gasteiger partial charge in [-0.2, -0.15) is 0 Å². The number of hydrogen-bond acceptors (Lipinski definition) is 3. The van der Waals surface area contributed by atoms with Gasteiger partial charge in [-0.3, -0.25) is 0 Å². The van der Waals surface area contributed by atoms with Crippen molar-refractivity contribution in [2.24, 2.45) is 5.92 Å². The molecule has 0 aromatic carbocycles. The van der Waals surface area contributed by atoms with Crippen molar-refractivity contribution in [2.45, 2.75) is 26.1 Å². The molecule has 0 amide bonds. The van der Waals surface area contributed by atoms with Gasteiger partial charge in [0.1, 0.15) is 5.78 Å². The van der Waals surface area contributed by atoms with Crippen LogP contribution in [0.15, 0.2) is 0 Å². The summed E-state index contributed by atoms with van der Waals surface area (Å²) < 4.78 is 10.3. The first kappa shape index (κ1) is 10.1. The molecule has 0 fully saturated rings. The maximum absolute atomic E-state index is 10.3. The topological polar surface area (TPSA) is 90.8 Å².